The number of nitrogens with zero attached hydrogens (tertiary/aromatic N) is 2. The maximum absolute atomic E-state index is 12.4. The summed E-state index contributed by atoms with van der Waals surface area (Å²) in [6.07, 6.45) is 5.88. The zero-order chi connectivity index (χ0) is 18.4. The molecule has 1 aliphatic carbocycles. The number of urea groups is 1. The van der Waals surface area contributed by atoms with E-state index in [1.165, 1.54) is 19.3 Å². The van der Waals surface area contributed by atoms with E-state index in [-0.39, 0.29) is 11.9 Å². The second kappa shape index (κ2) is 9.24. The number of para-hydroxylation sites is 1. The highest BCUT2D eigenvalue weighted by Crippen LogP contribution is 2.20. The van der Waals surface area contributed by atoms with Crippen LogP contribution in [0.15, 0.2) is 24.3 Å². The zero-order valence-electron chi connectivity index (χ0n) is 15.0. The Hall–Kier alpha value is -1.79. The van der Waals surface area contributed by atoms with Crippen molar-refractivity contribution in [2.45, 2.75) is 38.1 Å². The van der Waals surface area contributed by atoms with Crippen LogP contribution in [0.3, 0.4) is 0 Å². The molecule has 26 heavy (non-hydrogen) atoms. The number of carbonyl (C=O) groups is 2. The third kappa shape index (κ3) is 5.35. The Bertz CT molecular complexity index is 626. The van der Waals surface area contributed by atoms with Crippen molar-refractivity contribution in [2.24, 2.45) is 0 Å². The number of carbonyl (C=O) groups excluding carboxylic acids is 2. The van der Waals surface area contributed by atoms with Gasteiger partial charge in [-0.25, -0.2) is 4.79 Å². The van der Waals surface area contributed by atoms with Gasteiger partial charge >= 0.3 is 6.03 Å². The third-order valence-electron chi connectivity index (χ3n) is 5.11. The summed E-state index contributed by atoms with van der Waals surface area (Å²) >= 11 is 6.07. The molecular weight excluding hydrogens is 352 g/mol. The molecule has 2 aliphatic rings. The van der Waals surface area contributed by atoms with E-state index in [9.17, 15) is 9.59 Å². The van der Waals surface area contributed by atoms with E-state index in [1.54, 1.807) is 12.1 Å². The van der Waals surface area contributed by atoms with Crippen molar-refractivity contribution in [3.63, 3.8) is 0 Å². The number of halogens is 1. The summed E-state index contributed by atoms with van der Waals surface area (Å²) < 4.78 is 0. The predicted octanol–water partition coefficient (Wildman–Crippen LogP) is 2.94. The number of nitrogens with one attached hydrogen (secondary N) is 2. The summed E-state index contributed by atoms with van der Waals surface area (Å²) in [4.78, 5) is 28.5. The number of anilines is 1. The summed E-state index contributed by atoms with van der Waals surface area (Å²) in [6.45, 7) is 3.02. The molecule has 1 heterocycles. The Morgan fingerprint density at radius 1 is 1.04 bits per heavy atom. The number of amides is 3. The summed E-state index contributed by atoms with van der Waals surface area (Å²) in [5.74, 6) is -0.0850. The molecule has 1 saturated heterocycles. The normalized spacial score (nSPS) is 19.2. The molecule has 1 aromatic rings. The van der Waals surface area contributed by atoms with E-state index in [0.717, 1.165) is 12.8 Å². The molecule has 0 bridgehead atoms. The van der Waals surface area contributed by atoms with Gasteiger partial charge in [-0.1, -0.05) is 43.0 Å². The summed E-state index contributed by atoms with van der Waals surface area (Å²) in [7, 11) is 0. The smallest absolute Gasteiger partial charge is 0.317 e. The van der Waals surface area contributed by atoms with Crippen molar-refractivity contribution in [1.29, 1.82) is 0 Å². The van der Waals surface area contributed by atoms with E-state index in [1.807, 2.05) is 17.0 Å². The van der Waals surface area contributed by atoms with Gasteiger partial charge in [0.1, 0.15) is 0 Å². The SMILES string of the molecule is O=C(CN1CCN(C(=O)NC2CCCCC2)CC1)Nc1ccccc1Cl. The minimum Gasteiger partial charge on any atom is -0.335 e. The minimum absolute atomic E-state index is 0.0390. The van der Waals surface area contributed by atoms with Crippen molar-refractivity contribution in [3.05, 3.63) is 29.3 Å². The lowest BCUT2D eigenvalue weighted by Crippen LogP contribution is -2.54. The van der Waals surface area contributed by atoms with Crippen LogP contribution in [0, 0.1) is 0 Å². The van der Waals surface area contributed by atoms with E-state index in [4.69, 9.17) is 11.6 Å². The maximum Gasteiger partial charge on any atom is 0.317 e. The van der Waals surface area contributed by atoms with Crippen molar-refractivity contribution >= 4 is 29.2 Å². The number of benzene rings is 1. The fourth-order valence-corrected chi connectivity index (χ4v) is 3.76. The molecule has 1 aromatic carbocycles. The molecule has 3 rings (SSSR count). The molecule has 1 aliphatic heterocycles. The number of hydrogen-bond donors (Lipinski definition) is 2. The standard InChI is InChI=1S/C19H27ClN4O2/c20-16-8-4-5-9-17(16)22-18(25)14-23-10-12-24(13-11-23)19(26)21-15-6-2-1-3-7-15/h4-5,8-9,15H,1-3,6-7,10-14H2,(H,21,26)(H,22,25). The molecule has 0 radical (unpaired) electrons. The molecule has 6 nitrogen and oxygen atoms in total. The van der Waals surface area contributed by atoms with Crippen molar-refractivity contribution in [2.75, 3.05) is 38.0 Å². The number of hydrogen-bond acceptors (Lipinski definition) is 3. The fourth-order valence-electron chi connectivity index (χ4n) is 3.58. The molecule has 0 aromatic heterocycles. The van der Waals surface area contributed by atoms with Crippen LogP contribution in [0.4, 0.5) is 10.5 Å². The topological polar surface area (TPSA) is 64.7 Å². The molecule has 0 atom stereocenters. The Morgan fingerprint density at radius 2 is 1.73 bits per heavy atom. The van der Waals surface area contributed by atoms with Gasteiger partial charge in [-0.15, -0.1) is 0 Å². The van der Waals surface area contributed by atoms with Gasteiger partial charge in [-0.05, 0) is 25.0 Å². The largest absolute Gasteiger partial charge is 0.335 e. The first kappa shape index (κ1) is 19.0. The molecule has 2 fully saturated rings. The Morgan fingerprint density at radius 3 is 2.42 bits per heavy atom. The van der Waals surface area contributed by atoms with Gasteiger partial charge < -0.3 is 15.5 Å². The first-order valence-corrected chi connectivity index (χ1v) is 9.82. The second-order valence-electron chi connectivity index (χ2n) is 7.08. The maximum atomic E-state index is 12.4. The molecule has 2 N–H and O–H groups in total. The van der Waals surface area contributed by atoms with E-state index < -0.39 is 0 Å². The lowest BCUT2D eigenvalue weighted by atomic mass is 9.96. The fraction of sp³-hybridized carbons (Fsp3) is 0.579. The predicted molar refractivity (Wildman–Crippen MR) is 103 cm³/mol. The van der Waals surface area contributed by atoms with Crippen LogP contribution in [-0.2, 0) is 4.79 Å². The van der Waals surface area contributed by atoms with Gasteiger partial charge in [0.2, 0.25) is 5.91 Å². The summed E-state index contributed by atoms with van der Waals surface area (Å²) in [6, 6.07) is 7.57. The van der Waals surface area contributed by atoms with E-state index in [0.29, 0.717) is 49.5 Å². The van der Waals surface area contributed by atoms with Crippen molar-refractivity contribution < 1.29 is 9.59 Å². The highest BCUT2D eigenvalue weighted by atomic mass is 35.5. The Kier molecular flexibility index (Phi) is 6.74. The average Bonchev–Trinajstić information content (AvgIpc) is 2.65. The van der Waals surface area contributed by atoms with Gasteiger partial charge in [0, 0.05) is 32.2 Å². The molecular formula is C19H27ClN4O2. The van der Waals surface area contributed by atoms with Crippen LogP contribution in [0.2, 0.25) is 5.02 Å². The quantitative estimate of drug-likeness (QED) is 0.846. The first-order chi connectivity index (χ1) is 12.6. The van der Waals surface area contributed by atoms with Gasteiger partial charge in [0.15, 0.2) is 0 Å². The van der Waals surface area contributed by atoms with Crippen LogP contribution < -0.4 is 10.6 Å². The van der Waals surface area contributed by atoms with E-state index >= 15 is 0 Å². The van der Waals surface area contributed by atoms with Crippen molar-refractivity contribution in [3.8, 4) is 0 Å². The lowest BCUT2D eigenvalue weighted by Gasteiger charge is -2.35. The number of rotatable bonds is 4. The van der Waals surface area contributed by atoms with Gasteiger partial charge in [-0.3, -0.25) is 9.69 Å². The number of piperazine rings is 1. The average molecular weight is 379 g/mol. The third-order valence-corrected chi connectivity index (χ3v) is 5.44. The van der Waals surface area contributed by atoms with Crippen molar-refractivity contribution in [1.82, 2.24) is 15.1 Å². The van der Waals surface area contributed by atoms with Gasteiger partial charge in [0.25, 0.3) is 0 Å². The molecule has 7 heteroatoms. The summed E-state index contributed by atoms with van der Waals surface area (Å²) in [5.41, 5.74) is 0.629. The Labute approximate surface area is 159 Å². The van der Waals surface area contributed by atoms with Gasteiger partial charge in [0.05, 0.1) is 17.3 Å². The molecule has 1 saturated carbocycles. The van der Waals surface area contributed by atoms with Crippen LogP contribution in [0.25, 0.3) is 0 Å². The van der Waals surface area contributed by atoms with Gasteiger partial charge in [-0.2, -0.15) is 0 Å². The van der Waals surface area contributed by atoms with E-state index in [2.05, 4.69) is 15.5 Å². The summed E-state index contributed by atoms with van der Waals surface area (Å²) in [5, 5.41) is 6.53. The molecule has 3 amide bonds. The first-order valence-electron chi connectivity index (χ1n) is 9.44. The minimum atomic E-state index is -0.0850. The highest BCUT2D eigenvalue weighted by molar-refractivity contribution is 6.33. The zero-order valence-corrected chi connectivity index (χ0v) is 15.8. The molecule has 0 spiro atoms. The second-order valence-corrected chi connectivity index (χ2v) is 7.48. The van der Waals surface area contributed by atoms with Crippen LogP contribution >= 0.6 is 11.6 Å². The lowest BCUT2D eigenvalue weighted by molar-refractivity contribution is -0.117. The molecule has 142 valence electrons. The van der Waals surface area contributed by atoms with Crippen LogP contribution in [0.1, 0.15) is 32.1 Å². The van der Waals surface area contributed by atoms with Crippen LogP contribution in [-0.4, -0.2) is 60.5 Å². The van der Waals surface area contributed by atoms with Crippen LogP contribution in [0.5, 0.6) is 0 Å². The monoisotopic (exact) mass is 378 g/mol. The highest BCUT2D eigenvalue weighted by Gasteiger charge is 2.24. The molecule has 0 unspecified atom stereocenters. The Balaban J connectivity index is 1.39.